The van der Waals surface area contributed by atoms with E-state index in [2.05, 4.69) is 25.8 Å². The third-order valence-electron chi connectivity index (χ3n) is 2.87. The van der Waals surface area contributed by atoms with Crippen LogP contribution >= 0.6 is 11.3 Å². The first kappa shape index (κ1) is 14.7. The molecule has 0 radical (unpaired) electrons. The van der Waals surface area contributed by atoms with Crippen molar-refractivity contribution < 1.29 is 19.1 Å². The van der Waals surface area contributed by atoms with Crippen molar-refractivity contribution in [2.24, 2.45) is 5.41 Å². The number of hydrogen-bond donors (Lipinski definition) is 1. The smallest absolute Gasteiger partial charge is 0.338 e. The maximum Gasteiger partial charge on any atom is 0.338 e. The van der Waals surface area contributed by atoms with E-state index in [1.807, 2.05) is 5.38 Å². The number of aromatic carboxylic acids is 1. The molecule has 1 N–H and O–H groups in total. The average molecular weight is 295 g/mol. The highest BCUT2D eigenvalue weighted by molar-refractivity contribution is 7.10. The summed E-state index contributed by atoms with van der Waals surface area (Å²) >= 11 is 1.48. The van der Waals surface area contributed by atoms with Crippen LogP contribution in [0, 0.1) is 5.41 Å². The number of ether oxygens (including phenoxy) is 1. The Morgan fingerprint density at radius 2 is 2.20 bits per heavy atom. The molecule has 2 aromatic rings. The van der Waals surface area contributed by atoms with E-state index in [9.17, 15) is 4.79 Å². The lowest BCUT2D eigenvalue weighted by Gasteiger charge is -2.27. The van der Waals surface area contributed by atoms with E-state index in [0.29, 0.717) is 11.5 Å². The van der Waals surface area contributed by atoms with E-state index in [1.165, 1.54) is 23.7 Å². The first-order chi connectivity index (χ1) is 9.32. The lowest BCUT2D eigenvalue weighted by atomic mass is 9.89. The van der Waals surface area contributed by atoms with Crippen molar-refractivity contribution in [2.75, 3.05) is 7.11 Å². The highest BCUT2D eigenvalue weighted by Gasteiger charge is 2.29. The fourth-order valence-corrected chi connectivity index (χ4v) is 3.05. The zero-order chi connectivity index (χ0) is 14.9. The van der Waals surface area contributed by atoms with Crippen LogP contribution in [0.15, 0.2) is 22.1 Å². The molecule has 5 nitrogen and oxygen atoms in total. The van der Waals surface area contributed by atoms with Crippen LogP contribution in [-0.2, 0) is 4.74 Å². The monoisotopic (exact) mass is 295 g/mol. The summed E-state index contributed by atoms with van der Waals surface area (Å²) in [6.45, 7) is 6.24. The Morgan fingerprint density at radius 3 is 2.70 bits per heavy atom. The zero-order valence-electron chi connectivity index (χ0n) is 11.8. The van der Waals surface area contributed by atoms with Crippen molar-refractivity contribution >= 4 is 17.3 Å². The summed E-state index contributed by atoms with van der Waals surface area (Å²) in [5.41, 5.74) is 0.677. The largest absolute Gasteiger partial charge is 0.478 e. The summed E-state index contributed by atoms with van der Waals surface area (Å²) in [6.07, 6.45) is 1.10. The number of thiazole rings is 1. The number of nitrogens with zero attached hydrogens (tertiary/aromatic N) is 1. The second-order valence-electron chi connectivity index (χ2n) is 5.56. The molecule has 0 saturated heterocycles. The first-order valence-electron chi connectivity index (χ1n) is 6.13. The summed E-state index contributed by atoms with van der Waals surface area (Å²) in [7, 11) is 1.66. The van der Waals surface area contributed by atoms with Crippen LogP contribution in [0.2, 0.25) is 0 Å². The van der Waals surface area contributed by atoms with E-state index in [0.717, 1.165) is 5.01 Å². The normalized spacial score (nSPS) is 13.4. The second kappa shape index (κ2) is 5.38. The molecule has 0 spiro atoms. The van der Waals surface area contributed by atoms with Crippen LogP contribution in [-0.4, -0.2) is 23.2 Å². The van der Waals surface area contributed by atoms with Crippen molar-refractivity contribution in [2.45, 2.75) is 26.9 Å². The summed E-state index contributed by atoms with van der Waals surface area (Å²) in [5, 5.41) is 11.6. The highest BCUT2D eigenvalue weighted by Crippen LogP contribution is 2.38. The Kier molecular flexibility index (Phi) is 3.96. The number of furan rings is 1. The number of methoxy groups -OCH3 is 1. The van der Waals surface area contributed by atoms with Crippen molar-refractivity contribution in [3.63, 3.8) is 0 Å². The van der Waals surface area contributed by atoms with E-state index >= 15 is 0 Å². The lowest BCUT2D eigenvalue weighted by Crippen LogP contribution is -2.19. The number of aromatic nitrogens is 1. The molecule has 2 rings (SSSR count). The number of hydrogen-bond acceptors (Lipinski definition) is 5. The Morgan fingerprint density at radius 1 is 1.50 bits per heavy atom. The minimum absolute atomic E-state index is 0.0702. The molecule has 0 aliphatic rings. The number of carboxylic acid groups (broad SMARTS) is 1. The van der Waals surface area contributed by atoms with Gasteiger partial charge in [-0.3, -0.25) is 0 Å². The third-order valence-corrected chi connectivity index (χ3v) is 3.76. The average Bonchev–Trinajstić information content (AvgIpc) is 2.94. The van der Waals surface area contributed by atoms with Gasteiger partial charge in [-0.2, -0.15) is 0 Å². The molecule has 0 bridgehead atoms. The number of carbonyl (C=O) groups is 1. The van der Waals surface area contributed by atoms with Gasteiger partial charge in [0.15, 0.2) is 5.76 Å². The lowest BCUT2D eigenvalue weighted by molar-refractivity contribution is 0.0151. The maximum absolute atomic E-state index is 10.8. The van der Waals surface area contributed by atoms with E-state index in [1.54, 1.807) is 7.11 Å². The predicted molar refractivity (Wildman–Crippen MR) is 76.0 cm³/mol. The maximum atomic E-state index is 10.8. The van der Waals surface area contributed by atoms with Gasteiger partial charge in [-0.15, -0.1) is 11.3 Å². The molecule has 2 aromatic heterocycles. The van der Waals surface area contributed by atoms with Crippen LogP contribution in [0.1, 0.15) is 42.2 Å². The summed E-state index contributed by atoms with van der Waals surface area (Å²) in [4.78, 5) is 15.3. The van der Waals surface area contributed by atoms with Crippen LogP contribution in [0.3, 0.4) is 0 Å². The molecule has 0 aliphatic heterocycles. The highest BCUT2D eigenvalue weighted by atomic mass is 32.1. The summed E-state index contributed by atoms with van der Waals surface area (Å²) < 4.78 is 10.8. The van der Waals surface area contributed by atoms with Gasteiger partial charge >= 0.3 is 5.97 Å². The van der Waals surface area contributed by atoms with Crippen LogP contribution in [0.4, 0.5) is 0 Å². The topological polar surface area (TPSA) is 72.6 Å². The second-order valence-corrected chi connectivity index (χ2v) is 6.45. The van der Waals surface area contributed by atoms with Gasteiger partial charge in [0.25, 0.3) is 0 Å². The predicted octanol–water partition coefficient (Wildman–Crippen LogP) is 3.83. The molecule has 1 atom stereocenters. The molecule has 1 unspecified atom stereocenters. The van der Waals surface area contributed by atoms with Gasteiger partial charge in [0, 0.05) is 18.6 Å². The van der Waals surface area contributed by atoms with Crippen LogP contribution in [0.5, 0.6) is 0 Å². The molecule has 108 valence electrons. The first-order valence-corrected chi connectivity index (χ1v) is 7.01. The van der Waals surface area contributed by atoms with Crippen molar-refractivity contribution in [1.82, 2.24) is 4.98 Å². The SMILES string of the molecule is COC(c1nc(-c2cc(C(=O)O)co2)cs1)C(C)(C)C. The van der Waals surface area contributed by atoms with Gasteiger partial charge in [-0.05, 0) is 5.41 Å². The summed E-state index contributed by atoms with van der Waals surface area (Å²) in [6, 6.07) is 1.47. The zero-order valence-corrected chi connectivity index (χ0v) is 12.7. The Bertz CT molecular complexity index is 609. The van der Waals surface area contributed by atoms with Gasteiger partial charge in [-0.1, -0.05) is 20.8 Å². The van der Waals surface area contributed by atoms with Crippen LogP contribution in [0.25, 0.3) is 11.5 Å². The molecule has 20 heavy (non-hydrogen) atoms. The fraction of sp³-hybridized carbons (Fsp3) is 0.429. The van der Waals surface area contributed by atoms with E-state index in [-0.39, 0.29) is 17.1 Å². The molecule has 0 saturated carbocycles. The van der Waals surface area contributed by atoms with Gasteiger partial charge in [0.2, 0.25) is 0 Å². The quantitative estimate of drug-likeness (QED) is 0.927. The number of carboxylic acids is 1. The molecule has 0 aromatic carbocycles. The molecular formula is C14H17NO4S. The summed E-state index contributed by atoms with van der Waals surface area (Å²) in [5.74, 6) is -0.562. The third kappa shape index (κ3) is 2.91. The molecule has 2 heterocycles. The Hall–Kier alpha value is -1.66. The minimum atomic E-state index is -1.01. The molecule has 0 amide bonds. The Balaban J connectivity index is 2.30. The van der Waals surface area contributed by atoms with Crippen molar-refractivity contribution in [3.05, 3.63) is 28.3 Å². The molecular weight excluding hydrogens is 278 g/mol. The van der Waals surface area contributed by atoms with Gasteiger partial charge < -0.3 is 14.3 Å². The molecule has 0 aliphatic carbocycles. The standard InChI is InChI=1S/C14H17NO4S/c1-14(2,3)11(18-4)12-15-9(7-20-12)10-5-8(6-19-10)13(16)17/h5-7,11H,1-4H3,(H,16,17). The minimum Gasteiger partial charge on any atom is -0.478 e. The Labute approximate surface area is 121 Å². The van der Waals surface area contributed by atoms with E-state index < -0.39 is 5.97 Å². The van der Waals surface area contributed by atoms with Gasteiger partial charge in [0.1, 0.15) is 23.1 Å². The van der Waals surface area contributed by atoms with Gasteiger partial charge in [0.05, 0.1) is 5.56 Å². The number of rotatable bonds is 4. The molecule has 0 fully saturated rings. The van der Waals surface area contributed by atoms with Crippen LogP contribution < -0.4 is 0 Å². The van der Waals surface area contributed by atoms with Gasteiger partial charge in [-0.25, -0.2) is 9.78 Å². The molecule has 6 heteroatoms. The van der Waals surface area contributed by atoms with Crippen molar-refractivity contribution in [3.8, 4) is 11.5 Å². The fourth-order valence-electron chi connectivity index (χ4n) is 1.93. The van der Waals surface area contributed by atoms with Crippen molar-refractivity contribution in [1.29, 1.82) is 0 Å². The van der Waals surface area contributed by atoms with E-state index in [4.69, 9.17) is 14.3 Å².